The van der Waals surface area contributed by atoms with Gasteiger partial charge in [-0.3, -0.25) is 4.79 Å². The van der Waals surface area contributed by atoms with E-state index in [1.165, 1.54) is 0 Å². The van der Waals surface area contributed by atoms with Gasteiger partial charge in [-0.1, -0.05) is 60.7 Å². The van der Waals surface area contributed by atoms with Crippen LogP contribution in [-0.4, -0.2) is 37.4 Å². The quantitative estimate of drug-likeness (QED) is 0.269. The highest BCUT2D eigenvalue weighted by Crippen LogP contribution is 2.25. The molecule has 0 heterocycles. The number of hydrogen-bond acceptors (Lipinski definition) is 4. The Hall–Kier alpha value is -2.88. The molecule has 2 aromatic carbocycles. The molecule has 24 heavy (non-hydrogen) atoms. The molecule has 0 unspecified atom stereocenters. The van der Waals surface area contributed by atoms with Crippen molar-refractivity contribution in [2.45, 2.75) is 6.92 Å². The van der Waals surface area contributed by atoms with Gasteiger partial charge in [-0.25, -0.2) is 4.79 Å². The van der Waals surface area contributed by atoms with Gasteiger partial charge in [0.15, 0.2) is 0 Å². The predicted molar refractivity (Wildman–Crippen MR) is 94.5 cm³/mol. The average Bonchev–Trinajstić information content (AvgIpc) is 2.60. The molecule has 0 saturated carbocycles. The number of nitrogens with zero attached hydrogens (tertiary/aromatic N) is 1. The van der Waals surface area contributed by atoms with Gasteiger partial charge in [-0.2, -0.15) is 0 Å². The molecule has 4 nitrogen and oxygen atoms in total. The van der Waals surface area contributed by atoms with Crippen molar-refractivity contribution >= 4 is 17.4 Å². The number of carbonyl (C=O) groups is 2. The molecule has 0 aromatic heterocycles. The third-order valence-electron chi connectivity index (χ3n) is 3.47. The van der Waals surface area contributed by atoms with Gasteiger partial charge in [0.1, 0.15) is 5.57 Å². The van der Waals surface area contributed by atoms with Crippen molar-refractivity contribution in [2.24, 2.45) is 0 Å². The molecule has 0 bridgehead atoms. The summed E-state index contributed by atoms with van der Waals surface area (Å²) in [5.74, 6) is -0.958. The lowest BCUT2D eigenvalue weighted by atomic mass is 9.97. The first-order chi connectivity index (χ1) is 11.6. The number of esters is 1. The third kappa shape index (κ3) is 3.90. The lowest BCUT2D eigenvalue weighted by Crippen LogP contribution is -2.23. The van der Waals surface area contributed by atoms with Crippen molar-refractivity contribution in [3.05, 3.63) is 77.4 Å². The summed E-state index contributed by atoms with van der Waals surface area (Å²) in [6.45, 7) is 1.93. The zero-order valence-electron chi connectivity index (χ0n) is 14.2. The fourth-order valence-electron chi connectivity index (χ4n) is 2.46. The fourth-order valence-corrected chi connectivity index (χ4v) is 2.46. The summed E-state index contributed by atoms with van der Waals surface area (Å²) in [5, 5.41) is 0. The van der Waals surface area contributed by atoms with E-state index in [1.54, 1.807) is 50.2 Å². The molecule has 2 aromatic rings. The molecule has 124 valence electrons. The van der Waals surface area contributed by atoms with E-state index >= 15 is 0 Å². The number of rotatable bonds is 6. The van der Waals surface area contributed by atoms with Crippen LogP contribution in [0.2, 0.25) is 0 Å². The van der Waals surface area contributed by atoms with Crippen molar-refractivity contribution in [1.29, 1.82) is 0 Å². The molecule has 0 amide bonds. The van der Waals surface area contributed by atoms with Gasteiger partial charge >= 0.3 is 5.97 Å². The van der Waals surface area contributed by atoms with E-state index in [9.17, 15) is 9.59 Å². The summed E-state index contributed by atoms with van der Waals surface area (Å²) in [4.78, 5) is 27.3. The topological polar surface area (TPSA) is 46.6 Å². The minimum Gasteiger partial charge on any atom is -0.462 e. The minimum absolute atomic E-state index is 0.0410. The van der Waals surface area contributed by atoms with E-state index < -0.39 is 5.97 Å². The maximum absolute atomic E-state index is 13.0. The Balaban J connectivity index is 2.67. The monoisotopic (exact) mass is 323 g/mol. The Morgan fingerprint density at radius 3 is 1.83 bits per heavy atom. The van der Waals surface area contributed by atoms with Crippen molar-refractivity contribution in [2.75, 3.05) is 20.7 Å². The maximum atomic E-state index is 13.0. The van der Waals surface area contributed by atoms with Gasteiger partial charge in [0, 0.05) is 19.7 Å². The number of ketones is 1. The molecule has 4 heteroatoms. The average molecular weight is 323 g/mol. The lowest BCUT2D eigenvalue weighted by Gasteiger charge is -2.21. The summed E-state index contributed by atoms with van der Waals surface area (Å²) >= 11 is 0. The molecular weight excluding hydrogens is 302 g/mol. The Morgan fingerprint density at radius 2 is 1.38 bits per heavy atom. The van der Waals surface area contributed by atoms with Crippen molar-refractivity contribution in [3.63, 3.8) is 0 Å². The van der Waals surface area contributed by atoms with E-state index in [-0.39, 0.29) is 18.0 Å². The van der Waals surface area contributed by atoms with Crippen LogP contribution in [0.5, 0.6) is 0 Å². The molecule has 0 aliphatic rings. The van der Waals surface area contributed by atoms with Gasteiger partial charge in [-0.15, -0.1) is 0 Å². The number of hydrogen-bond donors (Lipinski definition) is 0. The van der Waals surface area contributed by atoms with E-state index in [0.29, 0.717) is 11.3 Å². The van der Waals surface area contributed by atoms with Crippen LogP contribution in [0.4, 0.5) is 0 Å². The highest BCUT2D eigenvalue weighted by Gasteiger charge is 2.27. The van der Waals surface area contributed by atoms with Crippen LogP contribution in [0.3, 0.4) is 0 Å². The van der Waals surface area contributed by atoms with Crippen LogP contribution < -0.4 is 0 Å². The number of ether oxygens (including phenoxy) is 1. The van der Waals surface area contributed by atoms with Crippen LogP contribution in [0, 0.1) is 0 Å². The SMILES string of the molecule is CCOC(=O)/C(C(=O)c1ccccc1)=C(\c1ccccc1)N(C)C. The standard InChI is InChI=1S/C20H21NO3/c1-4-24-20(23)17(19(22)16-13-9-6-10-14-16)18(21(2)3)15-11-7-5-8-12-15/h5-14H,4H2,1-3H3/b18-17+. The highest BCUT2D eigenvalue weighted by molar-refractivity contribution is 6.28. The molecule has 2 rings (SSSR count). The normalized spacial score (nSPS) is 11.5. The smallest absolute Gasteiger partial charge is 0.344 e. The minimum atomic E-state index is -0.612. The van der Waals surface area contributed by atoms with Gasteiger partial charge in [-0.05, 0) is 12.5 Å². The molecule has 0 aliphatic carbocycles. The van der Waals surface area contributed by atoms with Gasteiger partial charge in [0.25, 0.3) is 0 Å². The fraction of sp³-hybridized carbons (Fsp3) is 0.200. The Labute approximate surface area is 142 Å². The van der Waals surface area contributed by atoms with Crippen LogP contribution >= 0.6 is 0 Å². The maximum Gasteiger partial charge on any atom is 0.344 e. The largest absolute Gasteiger partial charge is 0.462 e. The summed E-state index contributed by atoms with van der Waals surface area (Å²) in [6, 6.07) is 18.1. The van der Waals surface area contributed by atoms with Crippen LogP contribution in [0.25, 0.3) is 5.70 Å². The molecule has 0 radical (unpaired) electrons. The summed E-state index contributed by atoms with van der Waals surface area (Å²) < 4.78 is 5.15. The summed E-state index contributed by atoms with van der Waals surface area (Å²) in [7, 11) is 3.61. The van der Waals surface area contributed by atoms with Crippen LogP contribution in [0.1, 0.15) is 22.8 Å². The van der Waals surface area contributed by atoms with Gasteiger partial charge < -0.3 is 9.64 Å². The molecule has 0 aliphatic heterocycles. The molecule has 0 spiro atoms. The summed E-state index contributed by atoms with van der Waals surface area (Å²) in [5.41, 5.74) is 1.83. The zero-order chi connectivity index (χ0) is 17.5. The second-order valence-electron chi connectivity index (χ2n) is 5.40. The Bertz CT molecular complexity index is 734. The first-order valence-corrected chi connectivity index (χ1v) is 7.80. The summed E-state index contributed by atoms with van der Waals surface area (Å²) in [6.07, 6.45) is 0. The second-order valence-corrected chi connectivity index (χ2v) is 5.40. The molecule has 0 N–H and O–H groups in total. The molecule has 0 saturated heterocycles. The van der Waals surface area contributed by atoms with Crippen molar-refractivity contribution in [3.8, 4) is 0 Å². The van der Waals surface area contributed by atoms with Gasteiger partial charge in [0.05, 0.1) is 12.3 Å². The van der Waals surface area contributed by atoms with E-state index in [2.05, 4.69) is 0 Å². The lowest BCUT2D eigenvalue weighted by molar-refractivity contribution is -0.138. The Kier molecular flexibility index (Phi) is 5.90. The number of benzene rings is 2. The van der Waals surface area contributed by atoms with Gasteiger partial charge in [0.2, 0.25) is 5.78 Å². The molecular formula is C20H21NO3. The third-order valence-corrected chi connectivity index (χ3v) is 3.47. The Morgan fingerprint density at radius 1 is 0.875 bits per heavy atom. The molecule has 0 fully saturated rings. The number of carbonyl (C=O) groups excluding carboxylic acids is 2. The van der Waals surface area contributed by atoms with Crippen molar-refractivity contribution < 1.29 is 14.3 Å². The first-order valence-electron chi connectivity index (χ1n) is 7.80. The van der Waals surface area contributed by atoms with Crippen LogP contribution in [0.15, 0.2) is 66.2 Å². The van der Waals surface area contributed by atoms with E-state index in [0.717, 1.165) is 5.56 Å². The molecule has 0 atom stereocenters. The highest BCUT2D eigenvalue weighted by atomic mass is 16.5. The van der Waals surface area contributed by atoms with E-state index in [4.69, 9.17) is 4.74 Å². The van der Waals surface area contributed by atoms with Crippen molar-refractivity contribution in [1.82, 2.24) is 4.90 Å². The zero-order valence-corrected chi connectivity index (χ0v) is 14.2. The van der Waals surface area contributed by atoms with Crippen LogP contribution in [-0.2, 0) is 9.53 Å². The second kappa shape index (κ2) is 8.11. The van der Waals surface area contributed by atoms with E-state index in [1.807, 2.05) is 36.4 Å². The number of Topliss-reactive ketones (excluding diaryl/α,β-unsaturated/α-hetero) is 1. The first kappa shape index (κ1) is 17.5. The predicted octanol–water partition coefficient (Wildman–Crippen LogP) is 3.41.